The quantitative estimate of drug-likeness (QED) is 0.102. The molecule has 0 saturated carbocycles. The third-order valence-electron chi connectivity index (χ3n) is 3.37. The highest BCUT2D eigenvalue weighted by Crippen LogP contribution is 2.26. The Morgan fingerprint density at radius 1 is 0.553 bits per heavy atom. The standard InChI is InChI=1S/C5H3Br2FN2.2C5H4BrFN2.C5H5FN2.Br2/c6-2-1-3(8)10-5(7)4(2)9;6-3-1-5(7)9-2-4(3)8;6-5-3(8)1-2-4(7)9-5;6-5-2-1-4(7)3-8-5;1-2/h1H,9H2;2*1-2H,8H2;1-3H,7H2;. The van der Waals surface area contributed by atoms with Crippen LogP contribution in [-0.4, -0.2) is 19.9 Å². The van der Waals surface area contributed by atoms with Gasteiger partial charge in [0.15, 0.2) is 0 Å². The van der Waals surface area contributed by atoms with Gasteiger partial charge in [-0.3, -0.25) is 0 Å². The maximum atomic E-state index is 12.4. The highest BCUT2D eigenvalue weighted by molar-refractivity contribution is 9.93. The van der Waals surface area contributed by atoms with E-state index in [4.69, 9.17) is 22.9 Å². The lowest BCUT2D eigenvalue weighted by Gasteiger charge is -1.98. The van der Waals surface area contributed by atoms with Crippen LogP contribution in [0.25, 0.3) is 0 Å². The third-order valence-corrected chi connectivity index (χ3v) is 5.96. The molecule has 0 bridgehead atoms. The molecule has 206 valence electrons. The second kappa shape index (κ2) is 19.5. The lowest BCUT2D eigenvalue weighted by molar-refractivity contribution is 0.580. The van der Waals surface area contributed by atoms with Crippen molar-refractivity contribution in [2.75, 3.05) is 22.9 Å². The van der Waals surface area contributed by atoms with Crippen molar-refractivity contribution in [3.8, 4) is 0 Å². The van der Waals surface area contributed by atoms with Gasteiger partial charge in [0.1, 0.15) is 9.21 Å². The number of halogens is 10. The molecule has 0 aliphatic heterocycles. The number of hydrogen-bond acceptors (Lipinski definition) is 8. The molecule has 0 aliphatic carbocycles. The molecule has 4 rings (SSSR count). The fourth-order valence-corrected chi connectivity index (χ4v) is 3.31. The number of nitrogens with zero attached hydrogens (tertiary/aromatic N) is 4. The first-order chi connectivity index (χ1) is 17.8. The number of pyridine rings is 4. The summed E-state index contributed by atoms with van der Waals surface area (Å²) in [7, 11) is 0. The predicted molar refractivity (Wildman–Crippen MR) is 163 cm³/mol. The third kappa shape index (κ3) is 15.1. The van der Waals surface area contributed by atoms with Crippen LogP contribution in [0.3, 0.4) is 0 Å². The van der Waals surface area contributed by atoms with Crippen molar-refractivity contribution in [2.45, 2.75) is 0 Å². The molecule has 4 aromatic heterocycles. The number of nitrogens with two attached hydrogens (primary N) is 4. The summed E-state index contributed by atoms with van der Waals surface area (Å²) in [4.78, 5) is 13.4. The highest BCUT2D eigenvalue weighted by atomic mass is 80.9. The largest absolute Gasteiger partial charge is 0.397 e. The van der Waals surface area contributed by atoms with Crippen molar-refractivity contribution in [2.24, 2.45) is 0 Å². The van der Waals surface area contributed by atoms with Gasteiger partial charge in [-0.1, -0.05) is 0 Å². The van der Waals surface area contributed by atoms with E-state index < -0.39 is 23.8 Å². The Morgan fingerprint density at radius 3 is 1.50 bits per heavy atom. The van der Waals surface area contributed by atoms with E-state index in [1.807, 2.05) is 0 Å². The second-order valence-electron chi connectivity index (χ2n) is 6.09. The molecular formula is C20H16Br6F4N8. The van der Waals surface area contributed by atoms with E-state index in [9.17, 15) is 17.6 Å². The average molecular weight is 924 g/mol. The van der Waals surface area contributed by atoms with Gasteiger partial charge in [-0.05, 0) is 88.0 Å². The molecule has 4 heterocycles. The summed E-state index contributed by atoms with van der Waals surface area (Å²) in [5, 5.41) is 0. The first kappa shape index (κ1) is 36.4. The van der Waals surface area contributed by atoms with E-state index >= 15 is 0 Å². The van der Waals surface area contributed by atoms with Gasteiger partial charge in [0.05, 0.1) is 35.1 Å². The van der Waals surface area contributed by atoms with Crippen LogP contribution in [0.5, 0.6) is 0 Å². The zero-order chi connectivity index (χ0) is 29.4. The Balaban J connectivity index is 0.000000471. The summed E-state index contributed by atoms with van der Waals surface area (Å²) in [5.74, 6) is -2.13. The van der Waals surface area contributed by atoms with Crippen LogP contribution in [0.4, 0.5) is 40.3 Å². The molecule has 0 aliphatic rings. The van der Waals surface area contributed by atoms with Gasteiger partial charge in [0.25, 0.3) is 0 Å². The van der Waals surface area contributed by atoms with E-state index in [1.165, 1.54) is 48.8 Å². The molecule has 4 aromatic rings. The SMILES string of the molecule is BrBr.Nc1c(Br)cc(F)nc1Br.Nc1ccc(F)nc1.Nc1ccc(F)nc1Br.Nc1cnc(F)cc1Br. The summed E-state index contributed by atoms with van der Waals surface area (Å²) in [6.45, 7) is 0. The van der Waals surface area contributed by atoms with Crippen LogP contribution in [0.15, 0.2) is 66.9 Å². The maximum absolute atomic E-state index is 12.4. The Labute approximate surface area is 263 Å². The van der Waals surface area contributed by atoms with E-state index in [-0.39, 0.29) is 0 Å². The van der Waals surface area contributed by atoms with E-state index in [1.54, 1.807) is 0 Å². The van der Waals surface area contributed by atoms with Crippen molar-refractivity contribution in [3.05, 3.63) is 90.7 Å². The maximum Gasteiger partial charge on any atom is 0.215 e. The second-order valence-corrected chi connectivity index (χ2v) is 9.30. The molecule has 0 aromatic carbocycles. The average Bonchev–Trinajstić information content (AvgIpc) is 2.87. The normalized spacial score (nSPS) is 9.21. The fraction of sp³-hybridized carbons (Fsp3) is 0. The van der Waals surface area contributed by atoms with Crippen molar-refractivity contribution < 1.29 is 17.6 Å². The van der Waals surface area contributed by atoms with Crippen molar-refractivity contribution in [1.82, 2.24) is 19.9 Å². The van der Waals surface area contributed by atoms with Crippen LogP contribution in [-0.2, 0) is 0 Å². The minimum Gasteiger partial charge on any atom is -0.397 e. The van der Waals surface area contributed by atoms with E-state index in [0.29, 0.717) is 40.9 Å². The summed E-state index contributed by atoms with van der Waals surface area (Å²) in [6, 6.07) is 7.76. The molecule has 8 N–H and O–H groups in total. The molecule has 0 spiro atoms. The summed E-state index contributed by atoms with van der Waals surface area (Å²) in [6.07, 6.45) is 2.54. The van der Waals surface area contributed by atoms with Gasteiger partial charge in [-0.15, -0.1) is 0 Å². The van der Waals surface area contributed by atoms with Crippen LogP contribution in [0.1, 0.15) is 0 Å². The number of hydrogen-bond donors (Lipinski definition) is 4. The van der Waals surface area contributed by atoms with Crippen molar-refractivity contribution in [3.63, 3.8) is 0 Å². The number of rotatable bonds is 0. The van der Waals surface area contributed by atoms with Gasteiger partial charge in [-0.25, -0.2) is 19.9 Å². The Hall–Kier alpha value is -1.60. The first-order valence-electron chi connectivity index (χ1n) is 9.22. The molecule has 0 amide bonds. The van der Waals surface area contributed by atoms with E-state index in [2.05, 4.69) is 112 Å². The molecule has 0 unspecified atom stereocenters. The fourth-order valence-electron chi connectivity index (χ4n) is 1.70. The Morgan fingerprint density at radius 2 is 1.08 bits per heavy atom. The summed E-state index contributed by atoms with van der Waals surface area (Å²) >= 11 is 17.6. The monoisotopic (exact) mass is 918 g/mol. The highest BCUT2D eigenvalue weighted by Gasteiger charge is 2.04. The molecule has 0 saturated heterocycles. The van der Waals surface area contributed by atoms with Gasteiger partial charge < -0.3 is 22.9 Å². The lowest BCUT2D eigenvalue weighted by Crippen LogP contribution is -1.93. The van der Waals surface area contributed by atoms with Crippen molar-refractivity contribution in [1.29, 1.82) is 0 Å². The van der Waals surface area contributed by atoms with Crippen LogP contribution in [0, 0.1) is 23.8 Å². The Bertz CT molecular complexity index is 1200. The molecule has 18 heteroatoms. The lowest BCUT2D eigenvalue weighted by atomic mass is 10.4. The van der Waals surface area contributed by atoms with Crippen molar-refractivity contribution >= 4 is 115 Å². The minimum absolute atomic E-state index is 0.319. The van der Waals surface area contributed by atoms with E-state index in [0.717, 1.165) is 0 Å². The van der Waals surface area contributed by atoms with Gasteiger partial charge in [0.2, 0.25) is 23.8 Å². The molecule has 8 nitrogen and oxygen atoms in total. The Kier molecular flexibility index (Phi) is 18.6. The van der Waals surface area contributed by atoms with Gasteiger partial charge in [0, 0.05) is 49.3 Å². The predicted octanol–water partition coefficient (Wildman–Crippen LogP) is 7.95. The number of anilines is 4. The van der Waals surface area contributed by atoms with Crippen LogP contribution in [0.2, 0.25) is 0 Å². The summed E-state index contributed by atoms with van der Waals surface area (Å²) in [5.41, 5.74) is 23.0. The first-order valence-corrected chi connectivity index (χ1v) is 16.1. The van der Waals surface area contributed by atoms with Gasteiger partial charge >= 0.3 is 0 Å². The number of aromatic nitrogens is 4. The molecule has 0 fully saturated rings. The molecule has 0 atom stereocenters. The zero-order valence-corrected chi connectivity index (χ0v) is 28.0. The minimum atomic E-state index is -0.562. The molecular weight excluding hydrogens is 908 g/mol. The molecule has 38 heavy (non-hydrogen) atoms. The summed E-state index contributed by atoms with van der Waals surface area (Å²) < 4.78 is 50.3. The smallest absolute Gasteiger partial charge is 0.215 e. The topological polar surface area (TPSA) is 156 Å². The number of nitrogen functional groups attached to an aromatic ring is 4. The van der Waals surface area contributed by atoms with Crippen LogP contribution >= 0.6 is 92.0 Å². The zero-order valence-electron chi connectivity index (χ0n) is 18.5. The van der Waals surface area contributed by atoms with Crippen LogP contribution < -0.4 is 22.9 Å². The molecule has 0 radical (unpaired) electrons. The van der Waals surface area contributed by atoms with Gasteiger partial charge in [-0.2, -0.15) is 17.6 Å².